The molecule has 0 spiro atoms. The molecule has 1 amide bonds. The predicted molar refractivity (Wildman–Crippen MR) is 224 cm³/mol. The molecule has 1 unspecified atom stereocenters. The van der Waals surface area contributed by atoms with Crippen LogP contribution < -0.4 is 5.73 Å². The Morgan fingerprint density at radius 1 is 1.05 bits per heavy atom. The van der Waals surface area contributed by atoms with Gasteiger partial charge in [0, 0.05) is 47.5 Å². The minimum atomic E-state index is -1.85. The third kappa shape index (κ3) is 10.0. The maximum absolute atomic E-state index is 14.5. The number of pyridine rings is 1. The predicted octanol–water partition coefficient (Wildman–Crippen LogP) is 3.02. The number of nitrogen functional groups attached to an aromatic ring is 1. The highest BCUT2D eigenvalue weighted by Crippen LogP contribution is 2.40. The second-order valence-corrected chi connectivity index (χ2v) is 18.7. The number of aromatic nitrogens is 3. The third-order valence-corrected chi connectivity index (χ3v) is 13.4. The highest BCUT2D eigenvalue weighted by Gasteiger charge is 2.53. The molecule has 2 aromatic heterocycles. The monoisotopic (exact) mass is 871 g/mol. The van der Waals surface area contributed by atoms with E-state index >= 15 is 0 Å². The van der Waals surface area contributed by atoms with Crippen LogP contribution in [-0.4, -0.2) is 147 Å². The van der Waals surface area contributed by atoms with Gasteiger partial charge in [-0.2, -0.15) is 0 Å². The number of carbonyl (C=O) groups excluding carboxylic acids is 3. The number of amides is 1. The smallest absolute Gasteiger partial charge is 0.316 e. The van der Waals surface area contributed by atoms with E-state index in [0.29, 0.717) is 33.5 Å². The van der Waals surface area contributed by atoms with Gasteiger partial charge >= 0.3 is 5.97 Å². The zero-order valence-corrected chi connectivity index (χ0v) is 37.5. The highest BCUT2D eigenvalue weighted by atomic mass is 32.1. The highest BCUT2D eigenvalue weighted by molar-refractivity contribution is 7.18. The van der Waals surface area contributed by atoms with E-state index in [4.69, 9.17) is 39.2 Å². The van der Waals surface area contributed by atoms with Crippen LogP contribution in [0.25, 0.3) is 10.6 Å². The van der Waals surface area contributed by atoms with E-state index in [0.717, 1.165) is 0 Å². The topological polar surface area (TPSA) is 240 Å². The first-order valence-electron chi connectivity index (χ1n) is 21.0. The number of hydrogen-bond donors (Lipinski definition) is 3. The average molecular weight is 872 g/mol. The quantitative estimate of drug-likeness (QED) is 0.268. The SMILES string of the molecule is CC[C@H]1OC(=O)[C@H](C)C(=O)[C@H](C)[C@@H](O[C@@H]2O[C@H](C)C[C@H](N(C)C)[C@H]2O)[C@@]2(C)C[C@@H](C)C3=NC(=O)C(Cc4ccc(-c5nnc(N)s5)cn4)O/N=C(\CO[C@@H]([C@@H]3C)[C@]1(C)O)CO2. The van der Waals surface area contributed by atoms with E-state index in [-0.39, 0.29) is 50.3 Å². The van der Waals surface area contributed by atoms with Crippen LogP contribution in [0, 0.1) is 23.7 Å². The Morgan fingerprint density at radius 2 is 1.79 bits per heavy atom. The number of rotatable bonds is 7. The Kier molecular flexibility index (Phi) is 14.4. The Hall–Kier alpha value is -3.82. The number of fused-ring (bicyclic) bond motifs is 4. The van der Waals surface area contributed by atoms with Crippen molar-refractivity contribution in [3.8, 4) is 10.6 Å². The van der Waals surface area contributed by atoms with Gasteiger partial charge in [0.05, 0.1) is 37.1 Å². The molecule has 19 heteroatoms. The molecule has 0 saturated carbocycles. The van der Waals surface area contributed by atoms with Crippen molar-refractivity contribution in [1.29, 1.82) is 0 Å². The van der Waals surface area contributed by atoms with E-state index in [1.54, 1.807) is 46.0 Å². The van der Waals surface area contributed by atoms with Crippen LogP contribution >= 0.6 is 11.3 Å². The number of hydrogen-bond acceptors (Lipinski definition) is 18. The number of Topliss-reactive ketones (excluding diaryl/α,β-unsaturated/α-hetero) is 1. The standard InChI is InChI=1S/C42H61N7O11S/c1-11-30-42(8,54)35-22(4)31-20(2)16-41(7,34(23(5)32(50)24(6)38(53)58-30)59-39-33(51)28(49(9)10)14-21(3)57-39)56-19-27(18-55-35)48-60-29(36(52)45-31)15-26-13-12-25(17-44-26)37-46-47-40(43)61-37/h12-13,17,20-24,28-30,33-35,39,51,54H,11,14-16,18-19H2,1-10H3,(H2,43,47)/b45-31?,48-27+/t20-,21-,22-,23+,24-,28+,29?,30-,33-,34-,35+,39+,41-,42-/m1/s1. The molecule has 18 nitrogen and oxygen atoms in total. The number of likely N-dealkylation sites (N-methyl/N-ethyl adjacent to an activating group) is 1. The summed E-state index contributed by atoms with van der Waals surface area (Å²) in [5, 5.41) is 37.4. The summed E-state index contributed by atoms with van der Waals surface area (Å²) in [5.74, 6) is -5.61. The first kappa shape index (κ1) is 46.7. The third-order valence-electron chi connectivity index (χ3n) is 12.6. The van der Waals surface area contributed by atoms with E-state index in [1.165, 1.54) is 25.2 Å². The van der Waals surface area contributed by atoms with Crippen molar-refractivity contribution >= 4 is 45.6 Å². The summed E-state index contributed by atoms with van der Waals surface area (Å²) in [5.41, 5.74) is 4.32. The van der Waals surface area contributed by atoms with Crippen LogP contribution in [0.5, 0.6) is 0 Å². The molecular weight excluding hydrogens is 811 g/mol. The molecule has 4 aliphatic rings. The Bertz CT molecular complexity index is 1960. The minimum Gasteiger partial charge on any atom is -0.459 e. The maximum atomic E-state index is 14.5. The molecular formula is C42H61N7O11S. The first-order valence-corrected chi connectivity index (χ1v) is 21.8. The van der Waals surface area contributed by atoms with Crippen LogP contribution in [0.15, 0.2) is 28.5 Å². The number of cyclic esters (lactones) is 1. The summed E-state index contributed by atoms with van der Waals surface area (Å²) in [6, 6.07) is 3.22. The molecule has 4 aliphatic heterocycles. The molecule has 6 heterocycles. The first-order chi connectivity index (χ1) is 28.7. The number of ketones is 1. The fourth-order valence-corrected chi connectivity index (χ4v) is 9.74. The van der Waals surface area contributed by atoms with Crippen LogP contribution in [0.1, 0.15) is 80.3 Å². The van der Waals surface area contributed by atoms with Gasteiger partial charge in [-0.05, 0) is 79.1 Å². The molecule has 3 fully saturated rings. The van der Waals surface area contributed by atoms with Crippen molar-refractivity contribution in [1.82, 2.24) is 20.1 Å². The molecule has 14 atom stereocenters. The Balaban J connectivity index is 1.47. The lowest BCUT2D eigenvalue weighted by Gasteiger charge is -2.47. The van der Waals surface area contributed by atoms with Crippen molar-refractivity contribution in [2.24, 2.45) is 33.8 Å². The number of nitrogens with zero attached hydrogens (tertiary/aromatic N) is 6. The lowest BCUT2D eigenvalue weighted by Crippen LogP contribution is -2.60. The van der Waals surface area contributed by atoms with Crippen LogP contribution in [-0.2, 0) is 49.3 Å². The second-order valence-electron chi connectivity index (χ2n) is 17.6. The number of aliphatic imine (C=N–C) groups is 1. The van der Waals surface area contributed by atoms with Gasteiger partial charge in [0.2, 0.25) is 11.2 Å². The van der Waals surface area contributed by atoms with E-state index < -0.39 is 89.3 Å². The summed E-state index contributed by atoms with van der Waals surface area (Å²) in [6.45, 7) is 13.3. The molecule has 2 aromatic rings. The van der Waals surface area contributed by atoms with Crippen molar-refractivity contribution in [3.05, 3.63) is 24.0 Å². The summed E-state index contributed by atoms with van der Waals surface area (Å²) < 4.78 is 32.4. The number of oxime groups is 1. The largest absolute Gasteiger partial charge is 0.459 e. The van der Waals surface area contributed by atoms with Gasteiger partial charge in [0.25, 0.3) is 5.91 Å². The van der Waals surface area contributed by atoms with Gasteiger partial charge in [-0.1, -0.05) is 44.2 Å². The number of ether oxygens (including phenoxy) is 5. The number of esters is 1. The Morgan fingerprint density at radius 3 is 2.43 bits per heavy atom. The van der Waals surface area contributed by atoms with Crippen LogP contribution in [0.4, 0.5) is 5.13 Å². The zero-order valence-electron chi connectivity index (χ0n) is 36.6. The van der Waals surface area contributed by atoms with Gasteiger partial charge in [0.15, 0.2) is 17.1 Å². The second kappa shape index (κ2) is 18.9. The molecule has 4 bridgehead atoms. The van der Waals surface area contributed by atoms with Crippen molar-refractivity contribution in [2.45, 2.75) is 141 Å². The average Bonchev–Trinajstić information content (AvgIpc) is 3.64. The van der Waals surface area contributed by atoms with Crippen molar-refractivity contribution in [3.63, 3.8) is 0 Å². The van der Waals surface area contributed by atoms with E-state index in [2.05, 4.69) is 20.3 Å². The van der Waals surface area contributed by atoms with Crippen LogP contribution in [0.2, 0.25) is 0 Å². The minimum absolute atomic E-state index is 0.00588. The van der Waals surface area contributed by atoms with Gasteiger partial charge in [-0.15, -0.1) is 10.2 Å². The maximum Gasteiger partial charge on any atom is 0.316 e. The number of anilines is 1. The van der Waals surface area contributed by atoms with E-state index in [1.807, 2.05) is 32.8 Å². The van der Waals surface area contributed by atoms with Gasteiger partial charge in [-0.25, -0.2) is 4.99 Å². The molecule has 336 valence electrons. The summed E-state index contributed by atoms with van der Waals surface area (Å²) in [6.07, 6.45) is -4.73. The fraction of sp³-hybridized carbons (Fsp3) is 0.714. The lowest BCUT2D eigenvalue weighted by atomic mass is 9.73. The van der Waals surface area contributed by atoms with Crippen molar-refractivity contribution < 1.29 is 53.1 Å². The normalized spacial score (nSPS) is 39.0. The molecule has 61 heavy (non-hydrogen) atoms. The summed E-state index contributed by atoms with van der Waals surface area (Å²) in [4.78, 5) is 60.1. The van der Waals surface area contributed by atoms with Gasteiger partial charge < -0.3 is 49.4 Å². The number of aliphatic hydroxyl groups is 2. The Labute approximate surface area is 360 Å². The van der Waals surface area contributed by atoms with Gasteiger partial charge in [-0.3, -0.25) is 19.4 Å². The number of nitrogens with two attached hydrogens (primary N) is 1. The summed E-state index contributed by atoms with van der Waals surface area (Å²) >= 11 is 1.22. The zero-order chi connectivity index (χ0) is 44.6. The molecule has 6 rings (SSSR count). The summed E-state index contributed by atoms with van der Waals surface area (Å²) in [7, 11) is 3.73. The lowest BCUT2D eigenvalue weighted by molar-refractivity contribution is -0.296. The fourth-order valence-electron chi connectivity index (χ4n) is 9.14. The molecule has 0 aliphatic carbocycles. The number of carbonyl (C=O) groups is 3. The molecule has 4 N–H and O–H groups in total. The van der Waals surface area contributed by atoms with E-state index in [9.17, 15) is 24.6 Å². The number of aliphatic hydroxyl groups excluding tert-OH is 1. The molecule has 0 radical (unpaired) electrons. The van der Waals surface area contributed by atoms with Gasteiger partial charge in [0.1, 0.15) is 29.4 Å². The molecule has 0 aromatic carbocycles. The van der Waals surface area contributed by atoms with Crippen molar-refractivity contribution in [2.75, 3.05) is 33.0 Å². The van der Waals surface area contributed by atoms with Crippen LogP contribution in [0.3, 0.4) is 0 Å². The molecule has 3 saturated heterocycles.